The van der Waals surface area contributed by atoms with Crippen molar-refractivity contribution in [2.45, 2.75) is 39.8 Å². The van der Waals surface area contributed by atoms with Crippen LogP contribution >= 0.6 is 0 Å². The second-order valence-electron chi connectivity index (χ2n) is 7.18. The molecule has 0 aliphatic carbocycles. The van der Waals surface area contributed by atoms with Crippen LogP contribution < -0.4 is 15.5 Å². The van der Waals surface area contributed by atoms with E-state index in [4.69, 9.17) is 4.74 Å². The first-order valence-electron chi connectivity index (χ1n) is 9.59. The van der Waals surface area contributed by atoms with Gasteiger partial charge in [-0.25, -0.2) is 4.68 Å². The second-order valence-corrected chi connectivity index (χ2v) is 7.18. The molecule has 0 saturated heterocycles. The molecular weight excluding hydrogens is 366 g/mol. The van der Waals surface area contributed by atoms with Gasteiger partial charge in [0.2, 0.25) is 5.43 Å². The zero-order chi connectivity index (χ0) is 21.0. The van der Waals surface area contributed by atoms with Gasteiger partial charge in [0.1, 0.15) is 5.75 Å². The molecule has 3 rings (SSSR count). The summed E-state index contributed by atoms with van der Waals surface area (Å²) in [7, 11) is 0. The maximum atomic E-state index is 12.8. The van der Waals surface area contributed by atoms with Crippen LogP contribution in [0, 0.1) is 6.92 Å². The Kier molecular flexibility index (Phi) is 6.12. The summed E-state index contributed by atoms with van der Waals surface area (Å²) in [6, 6.07) is 18.0. The Morgan fingerprint density at radius 2 is 1.76 bits per heavy atom. The maximum absolute atomic E-state index is 12.8. The average Bonchev–Trinajstić information content (AvgIpc) is 2.68. The van der Waals surface area contributed by atoms with Gasteiger partial charge in [-0.1, -0.05) is 30.3 Å². The van der Waals surface area contributed by atoms with Crippen LogP contribution in [0.25, 0.3) is 5.69 Å². The number of nitrogens with one attached hydrogen (secondary N) is 1. The van der Waals surface area contributed by atoms with Crippen LogP contribution in [-0.4, -0.2) is 21.8 Å². The molecule has 150 valence electrons. The molecule has 0 aliphatic rings. The minimum atomic E-state index is -0.512. The molecule has 0 fully saturated rings. The molecule has 1 amide bonds. The Bertz CT molecular complexity index is 1060. The van der Waals surface area contributed by atoms with Gasteiger partial charge in [0.15, 0.2) is 5.69 Å². The minimum absolute atomic E-state index is 0.0587. The molecule has 29 heavy (non-hydrogen) atoms. The number of hydrogen-bond donors (Lipinski definition) is 1. The van der Waals surface area contributed by atoms with Gasteiger partial charge in [0, 0.05) is 11.8 Å². The summed E-state index contributed by atoms with van der Waals surface area (Å²) in [5.74, 6) is 0.223. The third-order valence-corrected chi connectivity index (χ3v) is 4.40. The standard InChI is InChI=1S/C23H25N3O3/c1-15(2)29-20-12-8-9-18(14-20)17(4)24-23(28)22-21(27)13-16(3)26(25-22)19-10-6-5-7-11-19/h5-15,17H,1-4H3,(H,24,28). The third-order valence-electron chi connectivity index (χ3n) is 4.40. The third kappa shape index (κ3) is 4.90. The van der Waals surface area contributed by atoms with Gasteiger partial charge < -0.3 is 10.1 Å². The molecule has 2 aromatic carbocycles. The molecule has 0 radical (unpaired) electrons. The van der Waals surface area contributed by atoms with Gasteiger partial charge in [-0.15, -0.1) is 0 Å². The molecule has 3 aromatic rings. The van der Waals surface area contributed by atoms with E-state index in [1.165, 1.54) is 6.07 Å². The van der Waals surface area contributed by atoms with Gasteiger partial charge >= 0.3 is 0 Å². The van der Waals surface area contributed by atoms with Crippen LogP contribution in [0.15, 0.2) is 65.5 Å². The number of carbonyl (C=O) groups excluding carboxylic acids is 1. The topological polar surface area (TPSA) is 73.2 Å². The number of hydrogen-bond acceptors (Lipinski definition) is 4. The number of amides is 1. The van der Waals surface area contributed by atoms with Crippen LogP contribution in [0.5, 0.6) is 5.75 Å². The van der Waals surface area contributed by atoms with Crippen molar-refractivity contribution in [3.8, 4) is 11.4 Å². The quantitative estimate of drug-likeness (QED) is 0.693. The highest BCUT2D eigenvalue weighted by molar-refractivity contribution is 5.92. The number of rotatable bonds is 6. The van der Waals surface area contributed by atoms with E-state index in [0.717, 1.165) is 17.0 Å². The van der Waals surface area contributed by atoms with E-state index in [0.29, 0.717) is 5.69 Å². The van der Waals surface area contributed by atoms with Gasteiger partial charge in [0.05, 0.1) is 17.8 Å². The number of ether oxygens (including phenoxy) is 1. The molecule has 0 spiro atoms. The van der Waals surface area contributed by atoms with E-state index < -0.39 is 11.3 Å². The molecule has 0 aliphatic heterocycles. The zero-order valence-electron chi connectivity index (χ0n) is 17.0. The predicted octanol–water partition coefficient (Wildman–Crippen LogP) is 3.82. The Hall–Kier alpha value is -3.41. The Morgan fingerprint density at radius 3 is 2.45 bits per heavy atom. The predicted molar refractivity (Wildman–Crippen MR) is 113 cm³/mol. The van der Waals surface area contributed by atoms with Crippen molar-refractivity contribution in [3.63, 3.8) is 0 Å². The molecule has 1 heterocycles. The van der Waals surface area contributed by atoms with Crippen molar-refractivity contribution in [1.82, 2.24) is 15.1 Å². The minimum Gasteiger partial charge on any atom is -0.491 e. The van der Waals surface area contributed by atoms with Crippen molar-refractivity contribution in [3.05, 3.63) is 87.8 Å². The van der Waals surface area contributed by atoms with Crippen molar-refractivity contribution in [2.75, 3.05) is 0 Å². The van der Waals surface area contributed by atoms with E-state index >= 15 is 0 Å². The lowest BCUT2D eigenvalue weighted by Gasteiger charge is -2.17. The number of aryl methyl sites for hydroxylation is 1. The number of carbonyl (C=O) groups is 1. The molecule has 0 bridgehead atoms. The summed E-state index contributed by atoms with van der Waals surface area (Å²) in [6.45, 7) is 7.56. The molecule has 0 saturated carbocycles. The summed E-state index contributed by atoms with van der Waals surface area (Å²) >= 11 is 0. The van der Waals surface area contributed by atoms with Crippen LogP contribution in [0.3, 0.4) is 0 Å². The van der Waals surface area contributed by atoms with E-state index in [1.54, 1.807) is 11.6 Å². The first kappa shape index (κ1) is 20.3. The molecule has 1 N–H and O–H groups in total. The number of para-hydroxylation sites is 1. The van der Waals surface area contributed by atoms with E-state index in [2.05, 4.69) is 10.4 Å². The van der Waals surface area contributed by atoms with Crippen LogP contribution in [0.1, 0.15) is 48.6 Å². The monoisotopic (exact) mass is 391 g/mol. The fraction of sp³-hybridized carbons (Fsp3) is 0.261. The van der Waals surface area contributed by atoms with E-state index in [9.17, 15) is 9.59 Å². The van der Waals surface area contributed by atoms with E-state index in [-0.39, 0.29) is 17.8 Å². The van der Waals surface area contributed by atoms with Gasteiger partial charge in [-0.3, -0.25) is 9.59 Å². The number of benzene rings is 2. The normalized spacial score (nSPS) is 11.9. The summed E-state index contributed by atoms with van der Waals surface area (Å²) in [6.07, 6.45) is 0.0587. The molecule has 6 nitrogen and oxygen atoms in total. The SMILES string of the molecule is Cc1cc(=O)c(C(=O)NC(C)c2cccc(OC(C)C)c2)nn1-c1ccccc1. The Morgan fingerprint density at radius 1 is 1.03 bits per heavy atom. The number of nitrogens with zero attached hydrogens (tertiary/aromatic N) is 2. The maximum Gasteiger partial charge on any atom is 0.276 e. The summed E-state index contributed by atoms with van der Waals surface area (Å²) < 4.78 is 7.31. The fourth-order valence-electron chi connectivity index (χ4n) is 3.01. The highest BCUT2D eigenvalue weighted by Gasteiger charge is 2.18. The first-order valence-corrected chi connectivity index (χ1v) is 9.59. The highest BCUT2D eigenvalue weighted by atomic mass is 16.5. The van der Waals surface area contributed by atoms with Gasteiger partial charge in [-0.05, 0) is 57.5 Å². The van der Waals surface area contributed by atoms with Crippen LogP contribution in [0.4, 0.5) is 0 Å². The van der Waals surface area contributed by atoms with Gasteiger partial charge in [0.25, 0.3) is 5.91 Å². The molecule has 1 unspecified atom stereocenters. The van der Waals surface area contributed by atoms with Crippen LogP contribution in [0.2, 0.25) is 0 Å². The number of aromatic nitrogens is 2. The molecule has 1 atom stereocenters. The van der Waals surface area contributed by atoms with Gasteiger partial charge in [-0.2, -0.15) is 5.10 Å². The zero-order valence-corrected chi connectivity index (χ0v) is 17.0. The largest absolute Gasteiger partial charge is 0.491 e. The lowest BCUT2D eigenvalue weighted by molar-refractivity contribution is 0.0931. The Labute approximate surface area is 170 Å². The van der Waals surface area contributed by atoms with E-state index in [1.807, 2.05) is 75.4 Å². The van der Waals surface area contributed by atoms with Crippen LogP contribution in [-0.2, 0) is 0 Å². The van der Waals surface area contributed by atoms with Crippen molar-refractivity contribution < 1.29 is 9.53 Å². The molecule has 1 aromatic heterocycles. The fourth-order valence-corrected chi connectivity index (χ4v) is 3.01. The lowest BCUT2D eigenvalue weighted by atomic mass is 10.1. The first-order chi connectivity index (χ1) is 13.8. The summed E-state index contributed by atoms with van der Waals surface area (Å²) in [5, 5.41) is 7.17. The van der Waals surface area contributed by atoms with Crippen molar-refractivity contribution in [2.24, 2.45) is 0 Å². The lowest BCUT2D eigenvalue weighted by Crippen LogP contribution is -2.33. The van der Waals surface area contributed by atoms with Crippen molar-refractivity contribution >= 4 is 5.91 Å². The Balaban J connectivity index is 1.85. The average molecular weight is 391 g/mol. The van der Waals surface area contributed by atoms with Crippen molar-refractivity contribution in [1.29, 1.82) is 0 Å². The summed E-state index contributed by atoms with van der Waals surface area (Å²) in [4.78, 5) is 25.2. The smallest absolute Gasteiger partial charge is 0.276 e. The molecule has 6 heteroatoms. The molecular formula is C23H25N3O3. The summed E-state index contributed by atoms with van der Waals surface area (Å²) in [5.41, 5.74) is 1.78. The highest BCUT2D eigenvalue weighted by Crippen LogP contribution is 2.20. The second kappa shape index (κ2) is 8.73.